The Balaban J connectivity index is 0.00000192. The number of methoxy groups -OCH3 is 2. The molecule has 3 rings (SSSR count). The van der Waals surface area contributed by atoms with Crippen molar-refractivity contribution in [3.63, 3.8) is 0 Å². The minimum absolute atomic E-state index is 0. The molecule has 1 saturated carbocycles. The van der Waals surface area contributed by atoms with Gasteiger partial charge in [-0.05, 0) is 42.9 Å². The first-order valence-electron chi connectivity index (χ1n) is 7.91. The smallest absolute Gasteiger partial charge is 0.254 e. The van der Waals surface area contributed by atoms with Crippen molar-refractivity contribution in [3.05, 3.63) is 23.8 Å². The molecule has 1 amide bonds. The molecule has 1 aromatic rings. The quantitative estimate of drug-likeness (QED) is 0.917. The Morgan fingerprint density at radius 3 is 2.57 bits per heavy atom. The molecule has 1 saturated heterocycles. The van der Waals surface area contributed by atoms with Gasteiger partial charge in [-0.3, -0.25) is 4.79 Å². The van der Waals surface area contributed by atoms with Crippen LogP contribution in [0.5, 0.6) is 11.5 Å². The first-order chi connectivity index (χ1) is 10.6. The molecule has 2 N–H and O–H groups in total. The number of carbonyl (C=O) groups is 1. The number of carbonyl (C=O) groups excluding carboxylic acids is 1. The van der Waals surface area contributed by atoms with Crippen LogP contribution in [0.3, 0.4) is 0 Å². The van der Waals surface area contributed by atoms with Gasteiger partial charge in [0.2, 0.25) is 0 Å². The molecule has 1 heterocycles. The molecular formula is C17H25ClN2O3. The number of nitrogens with two attached hydrogens (primary N) is 1. The first-order valence-corrected chi connectivity index (χ1v) is 7.91. The largest absolute Gasteiger partial charge is 0.493 e. The maximum absolute atomic E-state index is 12.8. The van der Waals surface area contributed by atoms with Crippen LogP contribution >= 0.6 is 12.4 Å². The fraction of sp³-hybridized carbons (Fsp3) is 0.588. The monoisotopic (exact) mass is 340 g/mol. The average Bonchev–Trinajstić information content (AvgIpc) is 2.99. The zero-order valence-corrected chi connectivity index (χ0v) is 14.5. The Hall–Kier alpha value is -1.46. The maximum atomic E-state index is 12.8. The molecule has 0 spiro atoms. The lowest BCUT2D eigenvalue weighted by atomic mass is 9.78. The van der Waals surface area contributed by atoms with Crippen LogP contribution in [-0.4, -0.2) is 44.2 Å². The molecule has 1 aromatic carbocycles. The van der Waals surface area contributed by atoms with Gasteiger partial charge < -0.3 is 20.1 Å². The number of rotatable bonds is 3. The summed E-state index contributed by atoms with van der Waals surface area (Å²) in [4.78, 5) is 14.7. The number of fused-ring (bicyclic) bond motifs is 1. The van der Waals surface area contributed by atoms with E-state index in [1.54, 1.807) is 32.4 Å². The highest BCUT2D eigenvalue weighted by atomic mass is 35.5. The summed E-state index contributed by atoms with van der Waals surface area (Å²) in [5.74, 6) is 2.30. The van der Waals surface area contributed by atoms with Crippen molar-refractivity contribution < 1.29 is 14.3 Å². The average molecular weight is 341 g/mol. The van der Waals surface area contributed by atoms with Crippen molar-refractivity contribution in [2.45, 2.75) is 25.3 Å². The Morgan fingerprint density at radius 1 is 1.17 bits per heavy atom. The highest BCUT2D eigenvalue weighted by Crippen LogP contribution is 2.36. The molecule has 3 unspecified atom stereocenters. The second-order valence-corrected chi connectivity index (χ2v) is 6.30. The summed E-state index contributed by atoms with van der Waals surface area (Å²) in [6, 6.07) is 5.57. The number of halogens is 1. The third-order valence-corrected chi connectivity index (χ3v) is 5.07. The molecule has 128 valence electrons. The summed E-state index contributed by atoms with van der Waals surface area (Å²) in [7, 11) is 3.17. The van der Waals surface area contributed by atoms with Gasteiger partial charge >= 0.3 is 0 Å². The molecule has 5 nitrogen and oxygen atoms in total. The molecular weight excluding hydrogens is 316 g/mol. The van der Waals surface area contributed by atoms with E-state index in [-0.39, 0.29) is 24.4 Å². The molecule has 0 bridgehead atoms. The lowest BCUT2D eigenvalue weighted by molar-refractivity contribution is 0.0783. The molecule has 1 aliphatic heterocycles. The van der Waals surface area contributed by atoms with Crippen molar-refractivity contribution in [2.75, 3.05) is 27.3 Å². The molecule has 0 aromatic heterocycles. The topological polar surface area (TPSA) is 64.8 Å². The zero-order chi connectivity index (χ0) is 15.7. The van der Waals surface area contributed by atoms with Gasteiger partial charge in [0.1, 0.15) is 0 Å². The van der Waals surface area contributed by atoms with Gasteiger partial charge in [0.15, 0.2) is 11.5 Å². The van der Waals surface area contributed by atoms with Crippen molar-refractivity contribution in [1.29, 1.82) is 0 Å². The summed E-state index contributed by atoms with van der Waals surface area (Å²) in [6.07, 6.45) is 3.45. The second-order valence-electron chi connectivity index (χ2n) is 6.30. The number of likely N-dealkylation sites (tertiary alicyclic amines) is 1. The molecule has 23 heavy (non-hydrogen) atoms. The fourth-order valence-corrected chi connectivity index (χ4v) is 3.83. The standard InChI is InChI=1S/C17H24N2O3.ClH/c1-21-15-7-6-11(8-16(15)22-2)17(20)19-9-12-4-3-5-14(18)13(12)10-19;/h6-8,12-14H,3-5,9-10,18H2,1-2H3;1H. The van der Waals surface area contributed by atoms with Gasteiger partial charge in [-0.2, -0.15) is 0 Å². The summed E-state index contributed by atoms with van der Waals surface area (Å²) < 4.78 is 10.5. The van der Waals surface area contributed by atoms with E-state index in [9.17, 15) is 4.79 Å². The first kappa shape index (κ1) is 17.9. The molecule has 3 atom stereocenters. The number of hydrogen-bond acceptors (Lipinski definition) is 4. The SMILES string of the molecule is COc1ccc(C(=O)N2CC3CCCC(N)C3C2)cc1OC.Cl. The number of benzene rings is 1. The Bertz CT molecular complexity index is 567. The zero-order valence-electron chi connectivity index (χ0n) is 13.7. The molecule has 2 aliphatic rings. The minimum atomic E-state index is 0. The van der Waals surface area contributed by atoms with Crippen LogP contribution < -0.4 is 15.2 Å². The highest BCUT2D eigenvalue weighted by molar-refractivity contribution is 5.95. The Morgan fingerprint density at radius 2 is 1.91 bits per heavy atom. The minimum Gasteiger partial charge on any atom is -0.493 e. The van der Waals surface area contributed by atoms with E-state index in [4.69, 9.17) is 15.2 Å². The van der Waals surface area contributed by atoms with E-state index in [1.807, 2.05) is 4.90 Å². The Kier molecular flexibility index (Phi) is 5.76. The lowest BCUT2D eigenvalue weighted by Crippen LogP contribution is -2.38. The van der Waals surface area contributed by atoms with E-state index in [0.29, 0.717) is 28.9 Å². The number of ether oxygens (including phenoxy) is 2. The normalized spacial score (nSPS) is 26.2. The van der Waals surface area contributed by atoms with Crippen LogP contribution in [0.25, 0.3) is 0 Å². The highest BCUT2D eigenvalue weighted by Gasteiger charge is 2.40. The molecule has 0 radical (unpaired) electrons. The van der Waals surface area contributed by atoms with Crippen LogP contribution in [0, 0.1) is 11.8 Å². The third kappa shape index (κ3) is 3.40. The lowest BCUT2D eigenvalue weighted by Gasteiger charge is -2.29. The van der Waals surface area contributed by atoms with Crippen LogP contribution in [-0.2, 0) is 0 Å². The van der Waals surface area contributed by atoms with Gasteiger partial charge in [0.05, 0.1) is 14.2 Å². The van der Waals surface area contributed by atoms with Crippen molar-refractivity contribution in [1.82, 2.24) is 4.90 Å². The van der Waals surface area contributed by atoms with E-state index in [2.05, 4.69) is 0 Å². The van der Waals surface area contributed by atoms with Crippen molar-refractivity contribution in [2.24, 2.45) is 17.6 Å². The summed E-state index contributed by atoms with van der Waals surface area (Å²) in [5, 5.41) is 0. The van der Waals surface area contributed by atoms with Crippen molar-refractivity contribution in [3.8, 4) is 11.5 Å². The van der Waals surface area contributed by atoms with Gasteiger partial charge in [-0.15, -0.1) is 12.4 Å². The van der Waals surface area contributed by atoms with Crippen LogP contribution in [0.15, 0.2) is 18.2 Å². The molecule has 1 aliphatic carbocycles. The molecule has 2 fully saturated rings. The fourth-order valence-electron chi connectivity index (χ4n) is 3.83. The molecule has 6 heteroatoms. The number of nitrogens with zero attached hydrogens (tertiary/aromatic N) is 1. The van der Waals surface area contributed by atoms with Gasteiger partial charge in [0.25, 0.3) is 5.91 Å². The van der Waals surface area contributed by atoms with Crippen LogP contribution in [0.2, 0.25) is 0 Å². The van der Waals surface area contributed by atoms with Gasteiger partial charge in [-0.25, -0.2) is 0 Å². The van der Waals surface area contributed by atoms with Gasteiger partial charge in [-0.1, -0.05) is 6.42 Å². The summed E-state index contributed by atoms with van der Waals surface area (Å²) >= 11 is 0. The van der Waals surface area contributed by atoms with Gasteiger partial charge in [0, 0.05) is 24.7 Å². The summed E-state index contributed by atoms with van der Waals surface area (Å²) in [6.45, 7) is 1.60. The Labute approximate surface area is 143 Å². The van der Waals surface area contributed by atoms with E-state index in [0.717, 1.165) is 19.5 Å². The van der Waals surface area contributed by atoms with E-state index in [1.165, 1.54) is 12.8 Å². The summed E-state index contributed by atoms with van der Waals surface area (Å²) in [5.41, 5.74) is 6.87. The van der Waals surface area contributed by atoms with Crippen molar-refractivity contribution >= 4 is 18.3 Å². The van der Waals surface area contributed by atoms with Crippen LogP contribution in [0.1, 0.15) is 29.6 Å². The predicted octanol–water partition coefficient (Wildman–Crippen LogP) is 2.33. The second kappa shape index (κ2) is 7.41. The number of hydrogen-bond donors (Lipinski definition) is 1. The van der Waals surface area contributed by atoms with Crippen LogP contribution in [0.4, 0.5) is 0 Å². The predicted molar refractivity (Wildman–Crippen MR) is 91.5 cm³/mol. The van der Waals surface area contributed by atoms with E-state index >= 15 is 0 Å². The number of amides is 1. The van der Waals surface area contributed by atoms with E-state index < -0.39 is 0 Å². The third-order valence-electron chi connectivity index (χ3n) is 5.07. The maximum Gasteiger partial charge on any atom is 0.254 e.